The maximum atomic E-state index is 13.4. The van der Waals surface area contributed by atoms with E-state index in [0.717, 1.165) is 12.1 Å². The molecule has 0 heterocycles. The Morgan fingerprint density at radius 3 is 2.80 bits per heavy atom. The molecule has 0 radical (unpaired) electrons. The number of nitrogens with one attached hydrogen (secondary N) is 1. The van der Waals surface area contributed by atoms with Gasteiger partial charge in [-0.05, 0) is 24.7 Å². The first-order valence-electron chi connectivity index (χ1n) is 6.22. The van der Waals surface area contributed by atoms with Gasteiger partial charge in [-0.25, -0.2) is 4.39 Å². The zero-order valence-electron chi connectivity index (χ0n) is 10.9. The van der Waals surface area contributed by atoms with Gasteiger partial charge >= 0.3 is 0 Å². The summed E-state index contributed by atoms with van der Waals surface area (Å²) in [5, 5.41) is 3.72. The number of hydrogen-bond donors (Lipinski definition) is 1. The molecule has 2 aromatic rings. The van der Waals surface area contributed by atoms with Crippen LogP contribution in [0.2, 0.25) is 5.02 Å². The van der Waals surface area contributed by atoms with E-state index in [1.165, 1.54) is 12.1 Å². The van der Waals surface area contributed by atoms with Crippen molar-refractivity contribution in [1.29, 1.82) is 0 Å². The molecule has 5 heteroatoms. The lowest BCUT2D eigenvalue weighted by Crippen LogP contribution is -2.12. The fourth-order valence-corrected chi connectivity index (χ4v) is 2.45. The fraction of sp³-hybridized carbons (Fsp3) is 0.200. The van der Waals surface area contributed by atoms with Crippen molar-refractivity contribution in [2.75, 3.05) is 6.54 Å². The third-order valence-electron chi connectivity index (χ3n) is 2.67. The monoisotopic (exact) mass is 357 g/mol. The normalized spacial score (nSPS) is 10.6. The maximum Gasteiger partial charge on any atom is 0.150 e. The van der Waals surface area contributed by atoms with Gasteiger partial charge in [0.15, 0.2) is 0 Å². The summed E-state index contributed by atoms with van der Waals surface area (Å²) in [5.74, 6) is 0.588. The number of ether oxygens (including phenoxy) is 1. The molecule has 0 aliphatic carbocycles. The Morgan fingerprint density at radius 2 is 2.10 bits per heavy atom. The number of rotatable bonds is 5. The minimum Gasteiger partial charge on any atom is -0.455 e. The predicted octanol–water partition coefficient (Wildman–Crippen LogP) is 5.14. The summed E-state index contributed by atoms with van der Waals surface area (Å²) in [6, 6.07) is 9.94. The molecule has 0 aromatic heterocycles. The van der Waals surface area contributed by atoms with Crippen LogP contribution < -0.4 is 10.1 Å². The molecular weight excluding hydrogens is 345 g/mol. The van der Waals surface area contributed by atoms with Gasteiger partial charge in [0.05, 0.1) is 5.02 Å². The highest BCUT2D eigenvalue weighted by Gasteiger charge is 2.10. The van der Waals surface area contributed by atoms with Gasteiger partial charge in [0.2, 0.25) is 0 Å². The van der Waals surface area contributed by atoms with E-state index in [9.17, 15) is 4.39 Å². The Balaban J connectivity index is 2.31. The Labute approximate surface area is 131 Å². The molecule has 0 fully saturated rings. The maximum absolute atomic E-state index is 13.4. The first-order valence-corrected chi connectivity index (χ1v) is 7.39. The van der Waals surface area contributed by atoms with Gasteiger partial charge in [0, 0.05) is 22.6 Å². The number of hydrogen-bond acceptors (Lipinski definition) is 2. The molecule has 2 rings (SSSR count). The third kappa shape index (κ3) is 3.95. The summed E-state index contributed by atoms with van der Waals surface area (Å²) in [4.78, 5) is 0. The molecule has 0 aliphatic rings. The van der Waals surface area contributed by atoms with Crippen molar-refractivity contribution in [3.63, 3.8) is 0 Å². The second-order valence-corrected chi connectivity index (χ2v) is 5.54. The van der Waals surface area contributed by atoms with E-state index in [0.29, 0.717) is 27.5 Å². The van der Waals surface area contributed by atoms with Crippen molar-refractivity contribution in [2.45, 2.75) is 13.5 Å². The fourth-order valence-electron chi connectivity index (χ4n) is 1.77. The quantitative estimate of drug-likeness (QED) is 0.798. The Bertz CT molecular complexity index is 586. The molecular formula is C15H14BrClFNO. The van der Waals surface area contributed by atoms with Gasteiger partial charge in [0.25, 0.3) is 0 Å². The van der Waals surface area contributed by atoms with E-state index in [1.807, 2.05) is 19.1 Å². The molecule has 0 saturated heterocycles. The van der Waals surface area contributed by atoms with Crippen LogP contribution in [0.1, 0.15) is 12.5 Å². The molecule has 0 unspecified atom stereocenters. The van der Waals surface area contributed by atoms with Gasteiger partial charge in [-0.2, -0.15) is 0 Å². The molecule has 0 amide bonds. The first-order chi connectivity index (χ1) is 9.60. The smallest absolute Gasteiger partial charge is 0.150 e. The highest BCUT2D eigenvalue weighted by atomic mass is 79.9. The molecule has 0 atom stereocenters. The van der Waals surface area contributed by atoms with Crippen LogP contribution in [0.4, 0.5) is 4.39 Å². The van der Waals surface area contributed by atoms with Gasteiger partial charge in [-0.15, -0.1) is 0 Å². The lowest BCUT2D eigenvalue weighted by atomic mass is 10.2. The van der Waals surface area contributed by atoms with Crippen LogP contribution in [0.5, 0.6) is 11.5 Å². The van der Waals surface area contributed by atoms with Gasteiger partial charge in [0.1, 0.15) is 17.3 Å². The second kappa shape index (κ2) is 7.07. The van der Waals surface area contributed by atoms with Crippen LogP contribution >= 0.6 is 27.5 Å². The zero-order valence-corrected chi connectivity index (χ0v) is 13.3. The van der Waals surface area contributed by atoms with Gasteiger partial charge in [-0.3, -0.25) is 0 Å². The summed E-state index contributed by atoms with van der Waals surface area (Å²) < 4.78 is 19.8. The highest BCUT2D eigenvalue weighted by molar-refractivity contribution is 9.10. The van der Waals surface area contributed by atoms with E-state index in [4.69, 9.17) is 16.3 Å². The van der Waals surface area contributed by atoms with E-state index in [-0.39, 0.29) is 5.82 Å². The SMILES string of the molecule is CCNCc1cccc(Cl)c1Oc1cc(F)cc(Br)c1. The van der Waals surface area contributed by atoms with E-state index < -0.39 is 0 Å². The van der Waals surface area contributed by atoms with Crippen molar-refractivity contribution in [2.24, 2.45) is 0 Å². The predicted molar refractivity (Wildman–Crippen MR) is 83.0 cm³/mol. The zero-order chi connectivity index (χ0) is 14.5. The topological polar surface area (TPSA) is 21.3 Å². The molecule has 1 N–H and O–H groups in total. The second-order valence-electron chi connectivity index (χ2n) is 4.22. The Hall–Kier alpha value is -1.10. The van der Waals surface area contributed by atoms with Crippen molar-refractivity contribution < 1.29 is 9.13 Å². The Morgan fingerprint density at radius 1 is 1.30 bits per heavy atom. The molecule has 0 spiro atoms. The first kappa shape index (κ1) is 15.3. The third-order valence-corrected chi connectivity index (χ3v) is 3.43. The summed E-state index contributed by atoms with van der Waals surface area (Å²) in [6.45, 7) is 3.51. The summed E-state index contributed by atoms with van der Waals surface area (Å²) in [5.41, 5.74) is 0.930. The lowest BCUT2D eigenvalue weighted by Gasteiger charge is -2.13. The molecule has 0 bridgehead atoms. The van der Waals surface area contributed by atoms with Crippen LogP contribution in [0, 0.1) is 5.82 Å². The summed E-state index contributed by atoms with van der Waals surface area (Å²) in [7, 11) is 0. The standard InChI is InChI=1S/C15H14BrClFNO/c1-2-19-9-10-4-3-5-14(17)15(10)20-13-7-11(16)6-12(18)8-13/h3-8,19H,2,9H2,1H3. The summed E-state index contributed by atoms with van der Waals surface area (Å²) >= 11 is 9.42. The Kier molecular flexibility index (Phi) is 5.40. The van der Waals surface area contributed by atoms with Crippen LogP contribution in [-0.4, -0.2) is 6.54 Å². The van der Waals surface area contributed by atoms with Crippen molar-refractivity contribution in [3.8, 4) is 11.5 Å². The summed E-state index contributed by atoms with van der Waals surface area (Å²) in [6.07, 6.45) is 0. The van der Waals surface area contributed by atoms with Crippen molar-refractivity contribution in [3.05, 3.63) is 57.3 Å². The van der Waals surface area contributed by atoms with Crippen LogP contribution in [0.15, 0.2) is 40.9 Å². The van der Waals surface area contributed by atoms with Crippen molar-refractivity contribution >= 4 is 27.5 Å². The average molecular weight is 359 g/mol. The van der Waals surface area contributed by atoms with E-state index in [2.05, 4.69) is 21.2 Å². The van der Waals surface area contributed by atoms with Crippen LogP contribution in [0.25, 0.3) is 0 Å². The lowest BCUT2D eigenvalue weighted by molar-refractivity contribution is 0.468. The highest BCUT2D eigenvalue weighted by Crippen LogP contribution is 2.34. The molecule has 0 aliphatic heterocycles. The van der Waals surface area contributed by atoms with Gasteiger partial charge in [-0.1, -0.05) is 46.6 Å². The molecule has 2 aromatic carbocycles. The average Bonchev–Trinajstić information content (AvgIpc) is 2.38. The largest absolute Gasteiger partial charge is 0.455 e. The van der Waals surface area contributed by atoms with Crippen LogP contribution in [0.3, 0.4) is 0 Å². The van der Waals surface area contributed by atoms with Gasteiger partial charge < -0.3 is 10.1 Å². The molecule has 20 heavy (non-hydrogen) atoms. The van der Waals surface area contributed by atoms with Crippen LogP contribution in [-0.2, 0) is 6.54 Å². The van der Waals surface area contributed by atoms with Crippen molar-refractivity contribution in [1.82, 2.24) is 5.32 Å². The number of para-hydroxylation sites is 1. The molecule has 106 valence electrons. The number of benzene rings is 2. The minimum absolute atomic E-state index is 0.366. The molecule has 0 saturated carbocycles. The number of halogens is 3. The van der Waals surface area contributed by atoms with E-state index >= 15 is 0 Å². The van der Waals surface area contributed by atoms with E-state index in [1.54, 1.807) is 12.1 Å². The minimum atomic E-state index is -0.366. The molecule has 2 nitrogen and oxygen atoms in total.